The van der Waals surface area contributed by atoms with Crippen molar-refractivity contribution < 1.29 is 14.3 Å². The number of carbonyl (C=O) groups excluding carboxylic acids is 2. The summed E-state index contributed by atoms with van der Waals surface area (Å²) in [6.07, 6.45) is 4.98. The number of piperidine rings is 1. The average Bonchev–Trinajstić information content (AvgIpc) is 2.66. The minimum atomic E-state index is -0.301. The molecule has 1 saturated heterocycles. The van der Waals surface area contributed by atoms with E-state index in [4.69, 9.17) is 4.74 Å². The molecule has 0 spiro atoms. The Hall–Kier alpha value is -2.04. The predicted octanol–water partition coefficient (Wildman–Crippen LogP) is 2.92. The lowest BCUT2D eigenvalue weighted by molar-refractivity contribution is -0.142. The number of carbonyl (C=O) groups is 2. The molecule has 1 fully saturated rings. The van der Waals surface area contributed by atoms with Gasteiger partial charge in [-0.2, -0.15) is 0 Å². The molecular weight excluding hydrogens is 316 g/mol. The van der Waals surface area contributed by atoms with Crippen LogP contribution < -0.4 is 10.1 Å². The van der Waals surface area contributed by atoms with Gasteiger partial charge in [0.15, 0.2) is 0 Å². The van der Waals surface area contributed by atoms with E-state index < -0.39 is 0 Å². The molecule has 2 rings (SSSR count). The molecule has 1 heterocycles. The van der Waals surface area contributed by atoms with Crippen LogP contribution in [-0.2, 0) is 16.0 Å². The molecule has 1 aliphatic heterocycles. The highest BCUT2D eigenvalue weighted by Gasteiger charge is 2.31. The number of benzene rings is 1. The number of rotatable bonds is 7. The second-order valence-electron chi connectivity index (χ2n) is 6.75. The summed E-state index contributed by atoms with van der Waals surface area (Å²) in [5.41, 5.74) is 1.22. The first-order valence-electron chi connectivity index (χ1n) is 9.28. The van der Waals surface area contributed by atoms with E-state index >= 15 is 0 Å². The van der Waals surface area contributed by atoms with Crippen molar-refractivity contribution in [3.63, 3.8) is 0 Å². The largest absolute Gasteiger partial charge is 0.497 e. The van der Waals surface area contributed by atoms with Gasteiger partial charge >= 0.3 is 0 Å². The number of hydrogen-bond acceptors (Lipinski definition) is 3. The fourth-order valence-corrected chi connectivity index (χ4v) is 3.29. The van der Waals surface area contributed by atoms with Gasteiger partial charge in [-0.05, 0) is 56.7 Å². The van der Waals surface area contributed by atoms with Crippen LogP contribution in [0.4, 0.5) is 0 Å². The van der Waals surface area contributed by atoms with Crippen LogP contribution in [0.15, 0.2) is 24.3 Å². The smallest absolute Gasteiger partial charge is 0.243 e. The van der Waals surface area contributed by atoms with Gasteiger partial charge in [0.2, 0.25) is 11.8 Å². The van der Waals surface area contributed by atoms with E-state index in [2.05, 4.69) is 17.4 Å². The van der Waals surface area contributed by atoms with Crippen LogP contribution in [0.5, 0.6) is 5.75 Å². The molecule has 1 N–H and O–H groups in total. The minimum Gasteiger partial charge on any atom is -0.497 e. The van der Waals surface area contributed by atoms with Gasteiger partial charge in [0.25, 0.3) is 0 Å². The van der Waals surface area contributed by atoms with Gasteiger partial charge in [-0.1, -0.05) is 19.1 Å². The van der Waals surface area contributed by atoms with E-state index in [0.717, 1.165) is 37.9 Å². The van der Waals surface area contributed by atoms with E-state index in [0.29, 0.717) is 13.0 Å². The number of amides is 2. The molecule has 138 valence electrons. The fraction of sp³-hybridized carbons (Fsp3) is 0.600. The second-order valence-corrected chi connectivity index (χ2v) is 6.75. The molecule has 5 heteroatoms. The Morgan fingerprint density at radius 2 is 2.00 bits per heavy atom. The number of hydrogen-bond donors (Lipinski definition) is 1. The molecule has 2 amide bonds. The van der Waals surface area contributed by atoms with E-state index in [1.165, 1.54) is 5.56 Å². The SMILES string of the molecule is CCC(=O)N1CCCCC1C(=O)NC(C)CCc1ccc(OC)cc1. The van der Waals surface area contributed by atoms with Crippen molar-refractivity contribution in [2.24, 2.45) is 0 Å². The maximum absolute atomic E-state index is 12.6. The van der Waals surface area contributed by atoms with Crippen molar-refractivity contribution in [1.29, 1.82) is 0 Å². The Bertz CT molecular complexity index is 571. The summed E-state index contributed by atoms with van der Waals surface area (Å²) in [5.74, 6) is 0.914. The number of likely N-dealkylation sites (tertiary alicyclic amines) is 1. The number of nitrogens with zero attached hydrogens (tertiary/aromatic N) is 1. The third-order valence-electron chi connectivity index (χ3n) is 4.84. The predicted molar refractivity (Wildman–Crippen MR) is 98.6 cm³/mol. The second kappa shape index (κ2) is 9.44. The van der Waals surface area contributed by atoms with Crippen LogP contribution >= 0.6 is 0 Å². The summed E-state index contributed by atoms with van der Waals surface area (Å²) in [7, 11) is 1.66. The average molecular weight is 346 g/mol. The summed E-state index contributed by atoms with van der Waals surface area (Å²) >= 11 is 0. The lowest BCUT2D eigenvalue weighted by Crippen LogP contribution is -2.53. The molecule has 2 atom stereocenters. The summed E-state index contributed by atoms with van der Waals surface area (Å²) in [5, 5.41) is 3.09. The molecule has 0 aliphatic carbocycles. The summed E-state index contributed by atoms with van der Waals surface area (Å²) < 4.78 is 5.16. The maximum Gasteiger partial charge on any atom is 0.243 e. The van der Waals surface area contributed by atoms with E-state index in [9.17, 15) is 9.59 Å². The standard InChI is InChI=1S/C20H30N2O3/c1-4-19(23)22-14-6-5-7-18(22)20(24)21-15(2)8-9-16-10-12-17(25-3)13-11-16/h10-13,15,18H,4-9,14H2,1-3H3,(H,21,24). The molecule has 5 nitrogen and oxygen atoms in total. The fourth-order valence-electron chi connectivity index (χ4n) is 3.29. The number of methoxy groups -OCH3 is 1. The molecular formula is C20H30N2O3. The highest BCUT2D eigenvalue weighted by molar-refractivity contribution is 5.87. The topological polar surface area (TPSA) is 58.6 Å². The molecule has 0 aromatic heterocycles. The van der Waals surface area contributed by atoms with Crippen LogP contribution in [0, 0.1) is 0 Å². The Morgan fingerprint density at radius 1 is 1.28 bits per heavy atom. The quantitative estimate of drug-likeness (QED) is 0.826. The summed E-state index contributed by atoms with van der Waals surface area (Å²) in [4.78, 5) is 26.4. The monoisotopic (exact) mass is 346 g/mol. The molecule has 25 heavy (non-hydrogen) atoms. The Labute approximate surface area is 150 Å². The van der Waals surface area contributed by atoms with Crippen LogP contribution in [-0.4, -0.2) is 42.5 Å². The maximum atomic E-state index is 12.6. The number of nitrogens with one attached hydrogen (secondary N) is 1. The zero-order valence-electron chi connectivity index (χ0n) is 15.6. The highest BCUT2D eigenvalue weighted by Crippen LogP contribution is 2.19. The third-order valence-corrected chi connectivity index (χ3v) is 4.84. The van der Waals surface area contributed by atoms with Gasteiger partial charge < -0.3 is 15.0 Å². The molecule has 1 aromatic carbocycles. The minimum absolute atomic E-state index is 0.0104. The molecule has 1 aliphatic rings. The normalized spacial score (nSPS) is 18.5. The van der Waals surface area contributed by atoms with Gasteiger partial charge in [0.05, 0.1) is 7.11 Å². The molecule has 0 bridgehead atoms. The van der Waals surface area contributed by atoms with Gasteiger partial charge in [0.1, 0.15) is 11.8 Å². The molecule has 2 unspecified atom stereocenters. The van der Waals surface area contributed by atoms with Crippen LogP contribution in [0.1, 0.15) is 51.5 Å². The van der Waals surface area contributed by atoms with Crippen molar-refractivity contribution in [1.82, 2.24) is 10.2 Å². The lowest BCUT2D eigenvalue weighted by atomic mass is 10.00. The Kier molecular flexibility index (Phi) is 7.29. The van der Waals surface area contributed by atoms with Crippen LogP contribution in [0.2, 0.25) is 0 Å². The van der Waals surface area contributed by atoms with Gasteiger partial charge in [0, 0.05) is 19.0 Å². The lowest BCUT2D eigenvalue weighted by Gasteiger charge is -2.35. The van der Waals surface area contributed by atoms with Crippen molar-refractivity contribution in [3.05, 3.63) is 29.8 Å². The Balaban J connectivity index is 1.84. The zero-order valence-corrected chi connectivity index (χ0v) is 15.6. The van der Waals surface area contributed by atoms with Gasteiger partial charge in [-0.3, -0.25) is 9.59 Å². The van der Waals surface area contributed by atoms with E-state index in [-0.39, 0.29) is 23.9 Å². The van der Waals surface area contributed by atoms with E-state index in [1.807, 2.05) is 26.0 Å². The first-order valence-corrected chi connectivity index (χ1v) is 9.28. The van der Waals surface area contributed by atoms with Crippen molar-refractivity contribution in [2.45, 2.75) is 64.5 Å². The molecule has 0 radical (unpaired) electrons. The highest BCUT2D eigenvalue weighted by atomic mass is 16.5. The van der Waals surface area contributed by atoms with Crippen molar-refractivity contribution in [3.8, 4) is 5.75 Å². The number of aryl methyl sites for hydroxylation is 1. The Morgan fingerprint density at radius 3 is 2.64 bits per heavy atom. The van der Waals surface area contributed by atoms with Crippen LogP contribution in [0.3, 0.4) is 0 Å². The van der Waals surface area contributed by atoms with Crippen molar-refractivity contribution in [2.75, 3.05) is 13.7 Å². The van der Waals surface area contributed by atoms with Gasteiger partial charge in [-0.25, -0.2) is 0 Å². The van der Waals surface area contributed by atoms with Crippen molar-refractivity contribution >= 4 is 11.8 Å². The molecule has 1 aromatic rings. The van der Waals surface area contributed by atoms with E-state index in [1.54, 1.807) is 12.0 Å². The zero-order chi connectivity index (χ0) is 18.2. The summed E-state index contributed by atoms with van der Waals surface area (Å²) in [6, 6.07) is 7.79. The molecule has 0 saturated carbocycles. The third kappa shape index (κ3) is 5.48. The first kappa shape index (κ1) is 19.3. The summed E-state index contributed by atoms with van der Waals surface area (Å²) in [6.45, 7) is 4.57. The van der Waals surface area contributed by atoms with Gasteiger partial charge in [-0.15, -0.1) is 0 Å². The first-order chi connectivity index (χ1) is 12.0. The van der Waals surface area contributed by atoms with Crippen LogP contribution in [0.25, 0.3) is 0 Å². The number of ether oxygens (including phenoxy) is 1.